The molecule has 19 heavy (non-hydrogen) atoms. The molecule has 0 bridgehead atoms. The minimum absolute atomic E-state index is 0.103. The van der Waals surface area contributed by atoms with Gasteiger partial charge in [-0.1, -0.05) is 57.7 Å². The summed E-state index contributed by atoms with van der Waals surface area (Å²) in [5.41, 5.74) is 0.103. The van der Waals surface area contributed by atoms with E-state index in [4.69, 9.17) is 4.52 Å². The molecule has 0 heterocycles. The first-order valence-corrected chi connectivity index (χ1v) is 9.14. The fourth-order valence-electron chi connectivity index (χ4n) is 2.32. The highest BCUT2D eigenvalue weighted by Gasteiger charge is 2.31. The van der Waals surface area contributed by atoms with E-state index in [9.17, 15) is 4.57 Å². The maximum Gasteiger partial charge on any atom is 0.234 e. The maximum atomic E-state index is 13.2. The molecule has 0 aliphatic carbocycles. The molecule has 0 aliphatic heterocycles. The Morgan fingerprint density at radius 3 is 2.37 bits per heavy atom. The molecule has 0 aliphatic rings. The number of benzene rings is 1. The molecule has 3 heteroatoms. The Balaban J connectivity index is 2.73. The molecular weight excluding hydrogens is 255 g/mol. The van der Waals surface area contributed by atoms with Crippen molar-refractivity contribution in [2.45, 2.75) is 58.5 Å². The molecule has 1 aromatic carbocycles. The number of hydrogen-bond acceptors (Lipinski definition) is 2. The van der Waals surface area contributed by atoms with Gasteiger partial charge in [-0.25, -0.2) is 0 Å². The van der Waals surface area contributed by atoms with Crippen molar-refractivity contribution in [3.63, 3.8) is 0 Å². The minimum atomic E-state index is -2.71. The Bertz CT molecular complexity index is 389. The molecule has 0 amide bonds. The summed E-state index contributed by atoms with van der Waals surface area (Å²) in [6.45, 7) is 6.69. The van der Waals surface area contributed by atoms with Crippen molar-refractivity contribution in [2.75, 3.05) is 6.61 Å². The molecule has 0 saturated heterocycles. The Hall–Kier alpha value is -0.590. The molecule has 0 saturated carbocycles. The van der Waals surface area contributed by atoms with Crippen LogP contribution in [0.2, 0.25) is 0 Å². The predicted octanol–water partition coefficient (Wildman–Crippen LogP) is 4.99. The van der Waals surface area contributed by atoms with Gasteiger partial charge in [0.05, 0.1) is 6.61 Å². The monoisotopic (exact) mass is 282 g/mol. The topological polar surface area (TPSA) is 26.3 Å². The normalized spacial score (nSPS) is 15.9. The molecular formula is C16H27O2P. The molecule has 2 atom stereocenters. The number of hydrogen-bond donors (Lipinski definition) is 0. The third-order valence-electron chi connectivity index (χ3n) is 3.49. The summed E-state index contributed by atoms with van der Waals surface area (Å²) >= 11 is 0. The smallest absolute Gasteiger partial charge is 0.234 e. The van der Waals surface area contributed by atoms with E-state index in [2.05, 4.69) is 13.8 Å². The summed E-state index contributed by atoms with van der Waals surface area (Å²) in [5, 5.41) is 0.861. The van der Waals surface area contributed by atoms with Gasteiger partial charge in [-0.3, -0.25) is 4.57 Å². The maximum absolute atomic E-state index is 13.2. The van der Waals surface area contributed by atoms with E-state index >= 15 is 0 Å². The zero-order valence-electron chi connectivity index (χ0n) is 12.5. The van der Waals surface area contributed by atoms with Crippen LogP contribution < -0.4 is 5.30 Å². The highest BCUT2D eigenvalue weighted by molar-refractivity contribution is 7.67. The van der Waals surface area contributed by atoms with Gasteiger partial charge < -0.3 is 4.52 Å². The molecule has 0 radical (unpaired) electrons. The van der Waals surface area contributed by atoms with Crippen LogP contribution in [0, 0.1) is 0 Å². The van der Waals surface area contributed by atoms with E-state index in [0.717, 1.165) is 18.1 Å². The zero-order valence-corrected chi connectivity index (χ0v) is 13.4. The average Bonchev–Trinajstić information content (AvgIpc) is 2.44. The SMILES string of the molecule is CCCCCCC(C)P(=O)(OCC)c1ccccc1. The van der Waals surface area contributed by atoms with Crippen LogP contribution in [0.25, 0.3) is 0 Å². The lowest BCUT2D eigenvalue weighted by Crippen LogP contribution is -2.17. The van der Waals surface area contributed by atoms with Crippen LogP contribution in [0.15, 0.2) is 30.3 Å². The zero-order chi connectivity index (χ0) is 14.1. The fourth-order valence-corrected chi connectivity index (χ4v) is 4.73. The molecule has 108 valence electrons. The molecule has 1 aromatic rings. The van der Waals surface area contributed by atoms with Crippen molar-refractivity contribution in [3.05, 3.63) is 30.3 Å². The lowest BCUT2D eigenvalue weighted by Gasteiger charge is -2.24. The molecule has 2 unspecified atom stereocenters. The van der Waals surface area contributed by atoms with E-state index < -0.39 is 7.37 Å². The second-order valence-electron chi connectivity index (χ2n) is 5.05. The van der Waals surface area contributed by atoms with Crippen LogP contribution in [-0.2, 0) is 9.09 Å². The van der Waals surface area contributed by atoms with E-state index in [1.54, 1.807) is 0 Å². The third-order valence-corrected chi connectivity index (χ3v) is 6.57. The van der Waals surface area contributed by atoms with Crippen molar-refractivity contribution in [2.24, 2.45) is 0 Å². The van der Waals surface area contributed by atoms with Gasteiger partial charge in [0.1, 0.15) is 0 Å². The van der Waals surface area contributed by atoms with E-state index in [0.29, 0.717) is 6.61 Å². The van der Waals surface area contributed by atoms with Gasteiger partial charge in [-0.2, -0.15) is 0 Å². The summed E-state index contributed by atoms with van der Waals surface area (Å²) in [7, 11) is -2.71. The minimum Gasteiger partial charge on any atom is -0.325 e. The van der Waals surface area contributed by atoms with Gasteiger partial charge in [0.15, 0.2) is 0 Å². The van der Waals surface area contributed by atoms with Crippen molar-refractivity contribution in [1.29, 1.82) is 0 Å². The number of rotatable bonds is 9. The van der Waals surface area contributed by atoms with Crippen LogP contribution in [0.5, 0.6) is 0 Å². The van der Waals surface area contributed by atoms with Crippen LogP contribution >= 0.6 is 7.37 Å². The largest absolute Gasteiger partial charge is 0.325 e. The lowest BCUT2D eigenvalue weighted by atomic mass is 10.1. The van der Waals surface area contributed by atoms with E-state index in [1.165, 1.54) is 19.3 Å². The van der Waals surface area contributed by atoms with Crippen LogP contribution in [0.1, 0.15) is 52.9 Å². The molecule has 2 nitrogen and oxygen atoms in total. The highest BCUT2D eigenvalue weighted by Crippen LogP contribution is 2.52. The first-order valence-electron chi connectivity index (χ1n) is 7.45. The van der Waals surface area contributed by atoms with Crippen LogP contribution in [-0.4, -0.2) is 12.3 Å². The lowest BCUT2D eigenvalue weighted by molar-refractivity contribution is 0.332. The number of unbranched alkanes of at least 4 members (excludes halogenated alkanes) is 3. The van der Waals surface area contributed by atoms with E-state index in [1.807, 2.05) is 37.3 Å². The standard InChI is InChI=1S/C16H27O2P/c1-4-6-7-9-12-15(3)19(17,18-5-2)16-13-10-8-11-14-16/h8,10-11,13-15H,4-7,9,12H2,1-3H3. The Labute approximate surface area is 118 Å². The van der Waals surface area contributed by atoms with Crippen molar-refractivity contribution in [3.8, 4) is 0 Å². The highest BCUT2D eigenvalue weighted by atomic mass is 31.2. The second kappa shape index (κ2) is 8.55. The molecule has 0 N–H and O–H groups in total. The van der Waals surface area contributed by atoms with Crippen molar-refractivity contribution >= 4 is 12.7 Å². The molecule has 1 rings (SSSR count). The first-order chi connectivity index (χ1) is 9.15. The summed E-state index contributed by atoms with van der Waals surface area (Å²) in [5.74, 6) is 0. The first kappa shape index (κ1) is 16.5. The Kier molecular flexibility index (Phi) is 7.41. The molecule has 0 fully saturated rings. The summed E-state index contributed by atoms with van der Waals surface area (Å²) in [6, 6.07) is 9.68. The van der Waals surface area contributed by atoms with Gasteiger partial charge >= 0.3 is 0 Å². The Morgan fingerprint density at radius 1 is 1.11 bits per heavy atom. The third kappa shape index (κ3) is 4.78. The van der Waals surface area contributed by atoms with Gasteiger partial charge in [0.25, 0.3) is 0 Å². The van der Waals surface area contributed by atoms with Crippen LogP contribution in [0.3, 0.4) is 0 Å². The van der Waals surface area contributed by atoms with E-state index in [-0.39, 0.29) is 5.66 Å². The summed E-state index contributed by atoms with van der Waals surface area (Å²) in [6.07, 6.45) is 5.83. The molecule has 0 spiro atoms. The van der Waals surface area contributed by atoms with Crippen molar-refractivity contribution in [1.82, 2.24) is 0 Å². The van der Waals surface area contributed by atoms with Crippen LogP contribution in [0.4, 0.5) is 0 Å². The van der Waals surface area contributed by atoms with Gasteiger partial charge in [0, 0.05) is 11.0 Å². The van der Waals surface area contributed by atoms with Gasteiger partial charge in [-0.15, -0.1) is 0 Å². The second-order valence-corrected chi connectivity index (χ2v) is 7.90. The Morgan fingerprint density at radius 2 is 1.79 bits per heavy atom. The summed E-state index contributed by atoms with van der Waals surface area (Å²) in [4.78, 5) is 0. The molecule has 0 aromatic heterocycles. The fraction of sp³-hybridized carbons (Fsp3) is 0.625. The van der Waals surface area contributed by atoms with Crippen molar-refractivity contribution < 1.29 is 9.09 Å². The average molecular weight is 282 g/mol. The van der Waals surface area contributed by atoms with Gasteiger partial charge in [-0.05, 0) is 25.5 Å². The quantitative estimate of drug-likeness (QED) is 0.471. The predicted molar refractivity (Wildman–Crippen MR) is 83.5 cm³/mol. The van der Waals surface area contributed by atoms with Gasteiger partial charge in [0.2, 0.25) is 7.37 Å². The summed E-state index contributed by atoms with van der Waals surface area (Å²) < 4.78 is 18.8.